The van der Waals surface area contributed by atoms with E-state index in [1.807, 2.05) is 0 Å². The highest BCUT2D eigenvalue weighted by molar-refractivity contribution is 14.1. The number of halogens is 6. The lowest BCUT2D eigenvalue weighted by atomic mass is 10.0. The van der Waals surface area contributed by atoms with Crippen LogP contribution in [0.5, 0.6) is 0 Å². The Bertz CT molecular complexity index is 1700. The highest BCUT2D eigenvalue weighted by Crippen LogP contribution is 2.40. The Morgan fingerprint density at radius 2 is 0.613 bits per heavy atom. The number of anilines is 2. The van der Waals surface area contributed by atoms with Crippen molar-refractivity contribution in [3.8, 4) is 0 Å². The molecule has 2 unspecified atom stereocenters. The number of amides is 6. The smallest absolute Gasteiger partial charge is 0.253 e. The Hall–Kier alpha value is -0.760. The van der Waals surface area contributed by atoms with Gasteiger partial charge in [0.2, 0.25) is 12.8 Å². The molecule has 0 bridgehead atoms. The molecule has 22 nitrogen and oxygen atoms in total. The third-order valence-electron chi connectivity index (χ3n) is 8.64. The van der Waals surface area contributed by atoms with Gasteiger partial charge in [-0.3, -0.25) is 28.8 Å². The lowest BCUT2D eigenvalue weighted by molar-refractivity contribution is -0.109. The molecule has 0 aliphatic heterocycles. The predicted octanol–water partition coefficient (Wildman–Crippen LogP) is -3.01. The molecule has 2 rings (SSSR count). The van der Waals surface area contributed by atoms with E-state index in [2.05, 4.69) is 21.3 Å². The molecule has 28 heteroatoms. The number of rotatable bonds is 25. The van der Waals surface area contributed by atoms with Crippen LogP contribution in [0.25, 0.3) is 0 Å². The van der Waals surface area contributed by atoms with E-state index >= 15 is 0 Å². The number of carbonyl (C=O) groups excluding carboxylic acids is 6. The monoisotopic (exact) mass is 1550 g/mol. The molecule has 6 amide bonds. The first-order valence-electron chi connectivity index (χ1n) is 17.6. The maximum Gasteiger partial charge on any atom is 0.253 e. The van der Waals surface area contributed by atoms with E-state index in [9.17, 15) is 79.8 Å². The number of nitrogens with one attached hydrogen (secondary N) is 4. The van der Waals surface area contributed by atoms with Crippen LogP contribution in [0.15, 0.2) is 0 Å². The summed E-state index contributed by atoms with van der Waals surface area (Å²) < 4.78 is 0.219. The van der Waals surface area contributed by atoms with Gasteiger partial charge in [0.15, 0.2) is 0 Å². The highest BCUT2D eigenvalue weighted by atomic mass is 127. The Morgan fingerprint density at radius 1 is 0.419 bits per heavy atom. The third-order valence-corrected chi connectivity index (χ3v) is 15.0. The summed E-state index contributed by atoms with van der Waals surface area (Å²) in [6, 6.07) is -4.52. The van der Waals surface area contributed by atoms with Crippen LogP contribution in [0.1, 0.15) is 41.4 Å². The molecule has 2 aromatic rings. The van der Waals surface area contributed by atoms with E-state index in [-0.39, 0.29) is 67.9 Å². The molecule has 0 saturated heterocycles. The van der Waals surface area contributed by atoms with E-state index in [1.165, 1.54) is 0 Å². The van der Waals surface area contributed by atoms with Crippen LogP contribution >= 0.6 is 136 Å². The van der Waals surface area contributed by atoms with Gasteiger partial charge in [-0.05, 0) is 136 Å². The largest absolute Gasteiger partial charge is 0.394 e. The van der Waals surface area contributed by atoms with Crippen LogP contribution < -0.4 is 31.1 Å². The van der Waals surface area contributed by atoms with Crippen LogP contribution in [0.4, 0.5) is 11.4 Å². The number of aliphatic hydroxyl groups is 10. The van der Waals surface area contributed by atoms with Crippen molar-refractivity contribution in [2.45, 2.75) is 36.4 Å². The molecular weight excluding hydrogens is 1510 g/mol. The number of hydrogen-bond acceptors (Lipinski definition) is 16. The Morgan fingerprint density at radius 3 is 0.774 bits per heavy atom. The molecule has 2 aromatic carbocycles. The molecular formula is C34H42I6N6O16. The molecule has 14 N–H and O–H groups in total. The van der Waals surface area contributed by atoms with Crippen molar-refractivity contribution in [1.82, 2.24) is 21.3 Å². The molecule has 0 saturated carbocycles. The summed E-state index contributed by atoms with van der Waals surface area (Å²) in [7, 11) is 0. The summed E-state index contributed by atoms with van der Waals surface area (Å²) in [5, 5.41) is 109. The van der Waals surface area contributed by atoms with E-state index in [0.29, 0.717) is 0 Å². The number of aliphatic hydroxyl groups excluding tert-OH is 10. The first kappa shape index (κ1) is 57.4. The zero-order chi connectivity index (χ0) is 47.2. The minimum Gasteiger partial charge on any atom is -0.394 e. The fraction of sp³-hybridized carbons (Fsp3) is 0.471. The van der Waals surface area contributed by atoms with Gasteiger partial charge in [-0.15, -0.1) is 0 Å². The topological polar surface area (TPSA) is 359 Å². The van der Waals surface area contributed by atoms with Crippen LogP contribution in [-0.2, 0) is 9.59 Å². The second kappa shape index (κ2) is 27.8. The third kappa shape index (κ3) is 14.1. The van der Waals surface area contributed by atoms with Gasteiger partial charge in [-0.1, -0.05) is 0 Å². The van der Waals surface area contributed by atoms with Crippen molar-refractivity contribution in [3.05, 3.63) is 43.7 Å². The normalized spacial score (nSPS) is 12.4. The number of carbonyl (C=O) groups is 6. The van der Waals surface area contributed by atoms with E-state index in [4.69, 9.17) is 0 Å². The van der Waals surface area contributed by atoms with Gasteiger partial charge < -0.3 is 82.1 Å². The molecule has 0 radical (unpaired) electrons. The summed E-state index contributed by atoms with van der Waals surface area (Å²) in [6.07, 6.45) is -3.34. The maximum absolute atomic E-state index is 13.6. The molecule has 0 aliphatic rings. The number of nitrogens with zero attached hydrogens (tertiary/aromatic N) is 2. The number of benzene rings is 2. The minimum atomic E-state index is -1.90. The van der Waals surface area contributed by atoms with Gasteiger partial charge in [-0.2, -0.15) is 0 Å². The maximum atomic E-state index is 13.6. The standard InChI is InChI=1S/C34H42I6N6O16/c35-23-19(31(59)41-13(3-47)4-48)25(37)29(26(38)20(23)32(60)42-14(5-49)6-50)45(11-55)1-17(57)18(58)2-46(12-56)30-27(39)21(33(61)43-15(7-51)8-52)24(36)22(28(30)40)34(62)44-16(9-53)10-54/h11-18,47-54,57-58H,1-10H2,(H,41,59)(H,42,60)(H,43,61)(H,44,62). The van der Waals surface area contributed by atoms with Gasteiger partial charge in [0.1, 0.15) is 0 Å². The van der Waals surface area contributed by atoms with Crippen molar-refractivity contribution in [2.75, 3.05) is 75.7 Å². The molecule has 346 valence electrons. The Kier molecular flexibility index (Phi) is 25.7. The molecule has 0 aliphatic carbocycles. The van der Waals surface area contributed by atoms with Crippen molar-refractivity contribution in [3.63, 3.8) is 0 Å². The molecule has 0 aromatic heterocycles. The van der Waals surface area contributed by atoms with Gasteiger partial charge in [-0.25, -0.2) is 0 Å². The second-order valence-corrected chi connectivity index (χ2v) is 19.3. The molecule has 0 fully saturated rings. The van der Waals surface area contributed by atoms with Crippen LogP contribution in [0.2, 0.25) is 0 Å². The molecule has 0 heterocycles. The van der Waals surface area contributed by atoms with Gasteiger partial charge in [0.05, 0.1) is 150 Å². The molecule has 0 spiro atoms. The highest BCUT2D eigenvalue weighted by Gasteiger charge is 2.35. The Balaban J connectivity index is 2.76. The number of hydrogen-bond donors (Lipinski definition) is 14. The predicted molar refractivity (Wildman–Crippen MR) is 270 cm³/mol. The van der Waals surface area contributed by atoms with E-state index in [0.717, 1.165) is 9.80 Å². The summed E-state index contributed by atoms with van der Waals surface area (Å²) in [4.78, 5) is 81.8. The zero-order valence-electron chi connectivity index (χ0n) is 31.8. The first-order valence-corrected chi connectivity index (χ1v) is 24.1. The van der Waals surface area contributed by atoms with Crippen molar-refractivity contribution in [1.29, 1.82) is 0 Å². The quantitative estimate of drug-likeness (QED) is 0.0348. The summed E-state index contributed by atoms with van der Waals surface area (Å²) in [5.74, 6) is -3.55. The van der Waals surface area contributed by atoms with Gasteiger partial charge in [0.25, 0.3) is 23.6 Å². The van der Waals surface area contributed by atoms with E-state index in [1.54, 1.807) is 136 Å². The van der Waals surface area contributed by atoms with Crippen molar-refractivity contribution < 1.29 is 79.8 Å². The summed E-state index contributed by atoms with van der Waals surface area (Å²) in [5.41, 5.74) is -1.04. The molecule has 2 atom stereocenters. The molecule has 62 heavy (non-hydrogen) atoms. The summed E-state index contributed by atoms with van der Waals surface area (Å²) >= 11 is 10.3. The van der Waals surface area contributed by atoms with Crippen molar-refractivity contribution >= 4 is 183 Å². The Labute approximate surface area is 435 Å². The average Bonchev–Trinajstić information content (AvgIpc) is 3.24. The summed E-state index contributed by atoms with van der Waals surface area (Å²) in [6.45, 7) is -6.80. The minimum absolute atomic E-state index is 0.0294. The average molecular weight is 1550 g/mol. The lowest BCUT2D eigenvalue weighted by Gasteiger charge is -2.31. The van der Waals surface area contributed by atoms with E-state index < -0.39 is 126 Å². The SMILES string of the molecule is O=CN(CC(O)C(O)CN(C=O)c1c(I)c(C(=O)NC(CO)CO)c(I)c(C(=O)NC(CO)CO)c1I)c1c(I)c(C(=O)NC(CO)CO)c(I)c(C(=O)NC(CO)CO)c1I. The second-order valence-electron chi connectivity index (χ2n) is 12.9. The van der Waals surface area contributed by atoms with Crippen LogP contribution in [0.3, 0.4) is 0 Å². The fourth-order valence-electron chi connectivity index (χ4n) is 5.25. The first-order chi connectivity index (χ1) is 29.3. The van der Waals surface area contributed by atoms with Crippen LogP contribution in [0, 0.1) is 21.4 Å². The lowest BCUT2D eigenvalue weighted by Crippen LogP contribution is -2.46. The van der Waals surface area contributed by atoms with Crippen LogP contribution in [-0.4, -0.2) is 190 Å². The zero-order valence-corrected chi connectivity index (χ0v) is 44.7. The fourth-order valence-corrected chi connectivity index (χ4v) is 14.8. The van der Waals surface area contributed by atoms with Gasteiger partial charge in [0, 0.05) is 7.14 Å². The van der Waals surface area contributed by atoms with Crippen molar-refractivity contribution in [2.24, 2.45) is 0 Å². The van der Waals surface area contributed by atoms with Gasteiger partial charge >= 0.3 is 0 Å².